The summed E-state index contributed by atoms with van der Waals surface area (Å²) in [5.74, 6) is -21.1. The second-order valence-electron chi connectivity index (χ2n) is 28.7. The lowest BCUT2D eigenvalue weighted by molar-refractivity contribution is -0.142. The number of hydrogen-bond donors (Lipinski definition) is 29. The number of aromatic nitrogens is 2. The van der Waals surface area contributed by atoms with Crippen LogP contribution in [0.2, 0.25) is 0 Å². The number of carbonyl (C=O) groups is 16. The number of carboxylic acid groups (broad SMARTS) is 2. The van der Waals surface area contributed by atoms with Crippen LogP contribution in [0.25, 0.3) is 0 Å². The molecular weight excluding hydrogens is 1710 g/mol. The molecule has 14 amide bonds. The van der Waals surface area contributed by atoms with Gasteiger partial charge in [-0.05, 0) is 105 Å². The summed E-state index contributed by atoms with van der Waals surface area (Å²) in [5.41, 5.74) is 23.7. The second kappa shape index (κ2) is 56.8. The van der Waals surface area contributed by atoms with E-state index < -0.39 is 241 Å². The minimum atomic E-state index is -2.03. The third kappa shape index (κ3) is 40.5. The maximum atomic E-state index is 15.1. The third-order valence-electron chi connectivity index (χ3n) is 18.9. The van der Waals surface area contributed by atoms with E-state index in [-0.39, 0.29) is 107 Å². The van der Waals surface area contributed by atoms with Crippen molar-refractivity contribution in [3.63, 3.8) is 0 Å². The molecule has 3 aromatic rings. The van der Waals surface area contributed by atoms with Crippen molar-refractivity contribution in [3.8, 4) is 5.75 Å². The van der Waals surface area contributed by atoms with Gasteiger partial charge in [0.2, 0.25) is 82.7 Å². The van der Waals surface area contributed by atoms with E-state index in [4.69, 9.17) is 39.2 Å². The molecule has 1 unspecified atom stereocenters. The van der Waals surface area contributed by atoms with Crippen molar-refractivity contribution in [1.82, 2.24) is 100 Å². The molecule has 1 fully saturated rings. The van der Waals surface area contributed by atoms with Gasteiger partial charge in [0.15, 0.2) is 17.9 Å². The molecule has 1 aromatic heterocycles. The Hall–Kier alpha value is -11.9. The molecule has 14 atom stereocenters. The van der Waals surface area contributed by atoms with Crippen LogP contribution in [0, 0.1) is 22.1 Å². The molecule has 4 rings (SSSR count). The quantitative estimate of drug-likeness (QED) is 0.0111. The van der Waals surface area contributed by atoms with Crippen LogP contribution in [-0.4, -0.2) is 296 Å². The Morgan fingerprint density at radius 1 is 0.560 bits per heavy atom. The van der Waals surface area contributed by atoms with Crippen LogP contribution in [0.4, 0.5) is 0 Å². The van der Waals surface area contributed by atoms with Gasteiger partial charge >= 0.3 is 11.9 Å². The van der Waals surface area contributed by atoms with E-state index in [9.17, 15) is 92.3 Å². The lowest BCUT2D eigenvalue weighted by atomic mass is 9.97. The van der Waals surface area contributed by atoms with Crippen molar-refractivity contribution in [3.05, 3.63) is 83.9 Å². The number of carboxylic acids is 2. The molecule has 0 saturated carbocycles. The van der Waals surface area contributed by atoms with E-state index in [0.29, 0.717) is 16.9 Å². The number of aliphatic hydroxyl groups is 1. The van der Waals surface area contributed by atoms with Crippen LogP contribution in [0.1, 0.15) is 94.9 Å². The van der Waals surface area contributed by atoms with E-state index >= 15 is 4.79 Å². The number of carbonyl (C=O) groups excluding carboxylic acids is 14. The van der Waals surface area contributed by atoms with Crippen LogP contribution < -0.4 is 113 Å². The number of amides is 14. The molecule has 50 heteroatoms. The highest BCUT2D eigenvalue weighted by Crippen LogP contribution is 2.25. The normalized spacial score (nSPS) is 21.6. The average molecular weight is 1830 g/mol. The number of nitrogens with two attached hydrogens (primary N) is 4. The Labute approximate surface area is 736 Å². The number of aromatic hydroxyl groups is 1. The van der Waals surface area contributed by atoms with Crippen molar-refractivity contribution in [2.45, 2.75) is 176 Å². The van der Waals surface area contributed by atoms with E-state index in [1.54, 1.807) is 49.8 Å². The van der Waals surface area contributed by atoms with Crippen molar-refractivity contribution < 1.29 is 97.1 Å². The van der Waals surface area contributed by atoms with Crippen molar-refractivity contribution in [2.24, 2.45) is 28.9 Å². The number of aliphatic hydroxyl groups excluding tert-OH is 1. The number of phenolic OH excluding ortho intramolecular Hbond substituents is 1. The molecule has 0 radical (unpaired) electrons. The molecule has 125 heavy (non-hydrogen) atoms. The molecule has 33 N–H and O–H groups in total. The molecule has 1 aliphatic heterocycles. The molecule has 0 spiro atoms. The molecule has 0 aliphatic carbocycles. The first kappa shape index (κ1) is 105. The summed E-state index contributed by atoms with van der Waals surface area (Å²) >= 11 is 2.58. The standard InChI is InChI=1S/C75H116N26O20S4/c1-5-39(2)59-71(119)98-53(35-102)68(116)100-55(70(118)95-50(29-41-17-19-43(103)20-18-41)65(113)93-48(72(120)121)16-11-25-86-75(81)82)37-125-124-36-54(99-60(108)44(76)21-26-122-3)69(117)96-51(30-42-32-83-38-89-42)66(114)94-49(28-40-12-7-6-8-13-40)61(109)88-33-56(104)87-34-57(105)90-45(14-9-23-84-73(77)78)62(110)92-47(22-27-123-4)63(111)97-52(31-58(106)107)67(115)91-46(64(112)101-59)15-10-24-85-74(79)80/h6-8,12-13,17-20,32,38-39,44-55,59,102-103H,5,9-11,14-16,21-31,33-37,76H2,1-4H3,(H,83,89)(H,87,104)(H,88,109)(H,90,105)(H,91,115)(H,92,110)(H,93,113)(H,94,114)(H,95,118)(H,96,117)(H,97,111)(H,98,119)(H,99,108)(H,100,116)(H,101,112)(H,106,107)(H,120,121)(H4,77,78,84)(H4,79,80,85)(H4,81,82,86)/t39?,44-,45-,46-,47-,48-,49-,50-,51-,52-,53-,54-,55-,59-/m0/s1. The Balaban J connectivity index is 1.96. The Bertz CT molecular complexity index is 4130. The minimum absolute atomic E-state index is 0.0109. The maximum absolute atomic E-state index is 15.1. The fourth-order valence-corrected chi connectivity index (χ4v) is 15.1. The number of rotatable bonds is 36. The SMILES string of the molecule is CCC(C)[C@@H]1NC(=O)[C@H](CCCNC(=N)N)NC(=O)[C@H](CC(=O)O)NC(=O)[C@H](CCSC)NC(=O)[C@H](CCCNC(=N)N)NC(=O)CNC(=O)CNC(=O)[C@H](Cc2ccccc2)NC(=O)[C@H](Cc2c[nH]cn2)NC(=O)[C@@H](NC(=O)[C@@H](N)CCSC)CSSC[C@@H](C(=O)N[C@@H](Cc2ccc(O)cc2)C(=O)N[C@@H](CCCNC(=N)N)C(=O)O)NC(=O)[C@H](CO)NC1=O. The van der Waals surface area contributed by atoms with Gasteiger partial charge in [-0.15, -0.1) is 0 Å². The first-order valence-corrected chi connectivity index (χ1v) is 45.0. The molecule has 1 aliphatic rings. The predicted octanol–water partition coefficient (Wildman–Crippen LogP) is -7.19. The molecule has 46 nitrogen and oxygen atoms in total. The number of imidazole rings is 1. The smallest absolute Gasteiger partial charge is 0.326 e. The first-order valence-electron chi connectivity index (χ1n) is 39.7. The number of guanidine groups is 3. The topological polar surface area (TPSA) is 763 Å². The van der Waals surface area contributed by atoms with Gasteiger partial charge in [-0.25, -0.2) is 9.78 Å². The number of nitrogens with zero attached hydrogens (tertiary/aromatic N) is 1. The molecule has 2 heterocycles. The highest BCUT2D eigenvalue weighted by atomic mass is 33.1. The molecule has 690 valence electrons. The maximum Gasteiger partial charge on any atom is 0.326 e. The summed E-state index contributed by atoms with van der Waals surface area (Å²) in [7, 11) is 1.56. The number of thioether (sulfide) groups is 2. The lowest BCUT2D eigenvalue weighted by Crippen LogP contribution is -2.62. The highest BCUT2D eigenvalue weighted by molar-refractivity contribution is 8.76. The Morgan fingerprint density at radius 3 is 1.66 bits per heavy atom. The zero-order valence-corrected chi connectivity index (χ0v) is 72.7. The number of H-pyrrole nitrogens is 1. The van der Waals surface area contributed by atoms with Crippen molar-refractivity contribution in [2.75, 3.05) is 74.9 Å². The minimum Gasteiger partial charge on any atom is -0.508 e. The Morgan fingerprint density at radius 2 is 1.09 bits per heavy atom. The van der Waals surface area contributed by atoms with Crippen LogP contribution in [0.5, 0.6) is 5.75 Å². The van der Waals surface area contributed by atoms with E-state index in [1.807, 2.05) is 0 Å². The molecular formula is C75H116N26O20S4. The average Bonchev–Trinajstić information content (AvgIpc) is 1.65. The first-order chi connectivity index (χ1) is 59.4. The van der Waals surface area contributed by atoms with Gasteiger partial charge in [0, 0.05) is 56.6 Å². The summed E-state index contributed by atoms with van der Waals surface area (Å²) in [6.45, 7) is 0.130. The summed E-state index contributed by atoms with van der Waals surface area (Å²) in [6, 6.07) is -8.21. The number of phenols is 1. The van der Waals surface area contributed by atoms with Gasteiger partial charge in [-0.2, -0.15) is 23.5 Å². The van der Waals surface area contributed by atoms with Crippen LogP contribution in [0.15, 0.2) is 67.1 Å². The van der Waals surface area contributed by atoms with Crippen molar-refractivity contribution in [1.29, 1.82) is 16.2 Å². The summed E-state index contributed by atoms with van der Waals surface area (Å²) in [4.78, 5) is 235. The summed E-state index contributed by atoms with van der Waals surface area (Å²) in [6.07, 6.45) is 3.23. The predicted molar refractivity (Wildman–Crippen MR) is 466 cm³/mol. The zero-order chi connectivity index (χ0) is 92.7. The van der Waals surface area contributed by atoms with Gasteiger partial charge < -0.3 is 139 Å². The zero-order valence-electron chi connectivity index (χ0n) is 69.4. The van der Waals surface area contributed by atoms with Crippen LogP contribution in [-0.2, 0) is 96.0 Å². The highest BCUT2D eigenvalue weighted by Gasteiger charge is 2.39. The fraction of sp³-hybridized carbons (Fsp3) is 0.547. The number of hydrogen-bond acceptors (Lipinski definition) is 27. The van der Waals surface area contributed by atoms with Crippen LogP contribution >= 0.6 is 45.1 Å². The molecule has 0 bridgehead atoms. The summed E-state index contributed by atoms with van der Waals surface area (Å²) in [5, 5.41) is 107. The van der Waals surface area contributed by atoms with Gasteiger partial charge in [0.1, 0.15) is 78.3 Å². The van der Waals surface area contributed by atoms with Gasteiger partial charge in [0.25, 0.3) is 0 Å². The largest absolute Gasteiger partial charge is 0.508 e. The lowest BCUT2D eigenvalue weighted by Gasteiger charge is -2.29. The number of aromatic amines is 1. The monoisotopic (exact) mass is 1830 g/mol. The summed E-state index contributed by atoms with van der Waals surface area (Å²) < 4.78 is 0. The second-order valence-corrected chi connectivity index (χ2v) is 33.3. The number of nitrogens with one attached hydrogen (secondary N) is 21. The van der Waals surface area contributed by atoms with E-state index in [1.165, 1.54) is 67.2 Å². The Kier molecular flexibility index (Phi) is 47.9. The van der Waals surface area contributed by atoms with Crippen molar-refractivity contribution >= 4 is 158 Å². The molecule has 1 saturated heterocycles. The fourth-order valence-electron chi connectivity index (χ4n) is 11.8. The number of benzene rings is 2. The number of aliphatic carboxylic acids is 2. The van der Waals surface area contributed by atoms with Crippen LogP contribution in [0.3, 0.4) is 0 Å². The van der Waals surface area contributed by atoms with Gasteiger partial charge in [-0.3, -0.25) is 88.1 Å². The van der Waals surface area contributed by atoms with E-state index in [0.717, 1.165) is 21.6 Å². The van der Waals surface area contributed by atoms with Gasteiger partial charge in [0.05, 0.1) is 44.2 Å². The third-order valence-corrected chi connectivity index (χ3v) is 22.6. The van der Waals surface area contributed by atoms with Gasteiger partial charge in [-0.1, -0.05) is 84.3 Å². The molecule has 2 aromatic carbocycles. The van der Waals surface area contributed by atoms with E-state index in [2.05, 4.69) is 100 Å².